The Balaban J connectivity index is 2.22. The molecule has 0 unspecified atom stereocenters. The lowest BCUT2D eigenvalue weighted by atomic mass is 10.4. The topological polar surface area (TPSA) is 41.0 Å². The highest BCUT2D eigenvalue weighted by Gasteiger charge is 2.09. The highest BCUT2D eigenvalue weighted by Crippen LogP contribution is 2.32. The van der Waals surface area contributed by atoms with Gasteiger partial charge in [0.05, 0.1) is 8.79 Å². The van der Waals surface area contributed by atoms with Crippen molar-refractivity contribution >= 4 is 43.9 Å². The molecule has 18 heavy (non-hydrogen) atoms. The van der Waals surface area contributed by atoms with Crippen molar-refractivity contribution < 1.29 is 0 Å². The van der Waals surface area contributed by atoms with E-state index in [1.165, 1.54) is 0 Å². The molecule has 6 heteroatoms. The first-order valence-electron chi connectivity index (χ1n) is 5.64. The lowest BCUT2D eigenvalue weighted by Crippen LogP contribution is -2.14. The van der Waals surface area contributed by atoms with Crippen LogP contribution in [0.1, 0.15) is 13.8 Å². The Morgan fingerprint density at radius 3 is 2.72 bits per heavy atom. The Kier molecular flexibility index (Phi) is 4.19. The van der Waals surface area contributed by atoms with Crippen molar-refractivity contribution in [2.75, 3.05) is 17.3 Å². The first-order valence-corrected chi connectivity index (χ1v) is 7.25. The van der Waals surface area contributed by atoms with Gasteiger partial charge in [0.1, 0.15) is 18.0 Å². The van der Waals surface area contributed by atoms with E-state index in [2.05, 4.69) is 51.1 Å². The second kappa shape index (κ2) is 5.67. The van der Waals surface area contributed by atoms with Crippen LogP contribution < -0.4 is 10.2 Å². The normalized spacial score (nSPS) is 10.7. The molecule has 0 saturated carbocycles. The maximum Gasteiger partial charge on any atom is 0.138 e. The van der Waals surface area contributed by atoms with Crippen LogP contribution in [-0.2, 0) is 0 Å². The zero-order valence-corrected chi connectivity index (χ0v) is 12.9. The summed E-state index contributed by atoms with van der Waals surface area (Å²) >= 11 is 5.14. The smallest absolute Gasteiger partial charge is 0.138 e. The van der Waals surface area contributed by atoms with Crippen LogP contribution >= 0.6 is 27.3 Å². The summed E-state index contributed by atoms with van der Waals surface area (Å²) in [4.78, 5) is 10.5. The first-order chi connectivity index (χ1) is 8.56. The SMILES string of the molecule is CC(C)Nc1cc(N(C)c2ccc(Br)s2)ncn1. The summed E-state index contributed by atoms with van der Waals surface area (Å²) in [6, 6.07) is 6.40. The highest BCUT2D eigenvalue weighted by molar-refractivity contribution is 9.11. The molecule has 0 spiro atoms. The molecule has 2 rings (SSSR count). The molecule has 0 aromatic carbocycles. The van der Waals surface area contributed by atoms with Crippen LogP contribution in [0.2, 0.25) is 0 Å². The summed E-state index contributed by atoms with van der Waals surface area (Å²) in [5.74, 6) is 1.72. The molecule has 2 aromatic rings. The molecular formula is C12H15BrN4S. The first kappa shape index (κ1) is 13.3. The van der Waals surface area contributed by atoms with Crippen molar-refractivity contribution in [3.8, 4) is 0 Å². The van der Waals surface area contributed by atoms with Crippen molar-refractivity contribution in [1.82, 2.24) is 9.97 Å². The van der Waals surface area contributed by atoms with Gasteiger partial charge in [-0.1, -0.05) is 0 Å². The number of thiophene rings is 1. The largest absolute Gasteiger partial charge is 0.368 e. The summed E-state index contributed by atoms with van der Waals surface area (Å²) in [6.45, 7) is 4.17. The molecule has 0 bridgehead atoms. The van der Waals surface area contributed by atoms with E-state index in [9.17, 15) is 0 Å². The minimum atomic E-state index is 0.355. The Labute approximate surface area is 119 Å². The van der Waals surface area contributed by atoms with Gasteiger partial charge >= 0.3 is 0 Å². The number of nitrogens with zero attached hydrogens (tertiary/aromatic N) is 3. The van der Waals surface area contributed by atoms with E-state index in [-0.39, 0.29) is 0 Å². The van der Waals surface area contributed by atoms with Gasteiger partial charge in [-0.05, 0) is 41.9 Å². The number of rotatable bonds is 4. The fraction of sp³-hybridized carbons (Fsp3) is 0.333. The molecule has 0 aliphatic heterocycles. The summed E-state index contributed by atoms with van der Waals surface area (Å²) < 4.78 is 1.11. The Bertz CT molecular complexity index is 526. The minimum Gasteiger partial charge on any atom is -0.368 e. The second-order valence-electron chi connectivity index (χ2n) is 4.20. The average Bonchev–Trinajstić information content (AvgIpc) is 2.74. The van der Waals surface area contributed by atoms with Gasteiger partial charge in [-0.3, -0.25) is 0 Å². The second-order valence-corrected chi connectivity index (χ2v) is 6.64. The van der Waals surface area contributed by atoms with Crippen molar-refractivity contribution in [3.05, 3.63) is 28.3 Å². The molecular weight excluding hydrogens is 312 g/mol. The predicted molar refractivity (Wildman–Crippen MR) is 80.9 cm³/mol. The molecule has 0 atom stereocenters. The quantitative estimate of drug-likeness (QED) is 0.925. The van der Waals surface area contributed by atoms with E-state index in [0.717, 1.165) is 20.4 Å². The summed E-state index contributed by atoms with van der Waals surface area (Å²) in [7, 11) is 2.00. The molecule has 0 aliphatic carbocycles. The van der Waals surface area contributed by atoms with E-state index in [1.54, 1.807) is 17.7 Å². The number of anilines is 3. The van der Waals surface area contributed by atoms with E-state index in [4.69, 9.17) is 0 Å². The third kappa shape index (κ3) is 3.20. The van der Waals surface area contributed by atoms with Gasteiger partial charge in [0.15, 0.2) is 0 Å². The molecule has 1 N–H and O–H groups in total. The molecule has 0 fully saturated rings. The molecule has 0 radical (unpaired) electrons. The number of hydrogen-bond acceptors (Lipinski definition) is 5. The number of hydrogen-bond donors (Lipinski definition) is 1. The molecule has 96 valence electrons. The van der Waals surface area contributed by atoms with E-state index in [0.29, 0.717) is 6.04 Å². The van der Waals surface area contributed by atoms with Gasteiger partial charge in [-0.15, -0.1) is 11.3 Å². The third-order valence-corrected chi connectivity index (χ3v) is 4.02. The lowest BCUT2D eigenvalue weighted by molar-refractivity contribution is 0.885. The predicted octanol–water partition coefficient (Wildman–Crippen LogP) is 3.89. The van der Waals surface area contributed by atoms with Crippen molar-refractivity contribution in [3.63, 3.8) is 0 Å². The minimum absolute atomic E-state index is 0.355. The van der Waals surface area contributed by atoms with E-state index < -0.39 is 0 Å². The van der Waals surface area contributed by atoms with E-state index >= 15 is 0 Å². The van der Waals surface area contributed by atoms with Crippen LogP contribution in [0, 0.1) is 0 Å². The van der Waals surface area contributed by atoms with Gasteiger partial charge in [0, 0.05) is 19.2 Å². The highest BCUT2D eigenvalue weighted by atomic mass is 79.9. The molecule has 0 aliphatic rings. The van der Waals surface area contributed by atoms with Crippen LogP contribution in [0.3, 0.4) is 0 Å². The van der Waals surface area contributed by atoms with Gasteiger partial charge < -0.3 is 10.2 Å². The van der Waals surface area contributed by atoms with Gasteiger partial charge in [0.25, 0.3) is 0 Å². The summed E-state index contributed by atoms with van der Waals surface area (Å²) in [6.07, 6.45) is 1.58. The standard InChI is InChI=1S/C12H15BrN4S/c1-8(2)16-10-6-11(15-7-14-10)17(3)12-5-4-9(13)18-12/h4-8H,1-3H3,(H,14,15,16). The van der Waals surface area contributed by atoms with Gasteiger partial charge in [-0.25, -0.2) is 9.97 Å². The molecule has 0 saturated heterocycles. The maximum atomic E-state index is 4.30. The molecule has 2 heterocycles. The summed E-state index contributed by atoms with van der Waals surface area (Å²) in [5.41, 5.74) is 0. The fourth-order valence-electron chi connectivity index (χ4n) is 1.50. The lowest BCUT2D eigenvalue weighted by Gasteiger charge is -2.17. The van der Waals surface area contributed by atoms with Crippen LogP contribution in [0.5, 0.6) is 0 Å². The monoisotopic (exact) mass is 326 g/mol. The van der Waals surface area contributed by atoms with Crippen LogP contribution in [0.4, 0.5) is 16.6 Å². The summed E-state index contributed by atoms with van der Waals surface area (Å²) in [5, 5.41) is 4.41. The Morgan fingerprint density at radius 1 is 1.33 bits per heavy atom. The molecule has 2 aromatic heterocycles. The maximum absolute atomic E-state index is 4.30. The van der Waals surface area contributed by atoms with E-state index in [1.807, 2.05) is 24.1 Å². The van der Waals surface area contributed by atoms with Crippen molar-refractivity contribution in [2.45, 2.75) is 19.9 Å². The van der Waals surface area contributed by atoms with Crippen molar-refractivity contribution in [1.29, 1.82) is 0 Å². The van der Waals surface area contributed by atoms with Crippen LogP contribution in [0.25, 0.3) is 0 Å². The van der Waals surface area contributed by atoms with Gasteiger partial charge in [-0.2, -0.15) is 0 Å². The Morgan fingerprint density at radius 2 is 2.11 bits per heavy atom. The third-order valence-electron chi connectivity index (χ3n) is 2.32. The zero-order valence-electron chi connectivity index (χ0n) is 10.5. The zero-order chi connectivity index (χ0) is 13.1. The molecule has 0 amide bonds. The number of aromatic nitrogens is 2. The molecule has 4 nitrogen and oxygen atoms in total. The average molecular weight is 327 g/mol. The fourth-order valence-corrected chi connectivity index (χ4v) is 2.84. The van der Waals surface area contributed by atoms with Crippen LogP contribution in [0.15, 0.2) is 28.3 Å². The van der Waals surface area contributed by atoms with Crippen LogP contribution in [-0.4, -0.2) is 23.1 Å². The number of nitrogens with one attached hydrogen (secondary N) is 1. The van der Waals surface area contributed by atoms with Gasteiger partial charge in [0.2, 0.25) is 0 Å². The number of halogens is 1. The Hall–Kier alpha value is -1.14. The van der Waals surface area contributed by atoms with Crippen molar-refractivity contribution in [2.24, 2.45) is 0 Å².